The van der Waals surface area contributed by atoms with Gasteiger partial charge in [0.15, 0.2) is 0 Å². The zero-order valence-corrected chi connectivity index (χ0v) is 16.7. The second kappa shape index (κ2) is 9.75. The van der Waals surface area contributed by atoms with Gasteiger partial charge < -0.3 is 15.0 Å². The number of nitrogens with one attached hydrogen (secondary N) is 1. The Hall–Kier alpha value is -3.31. The smallest absolute Gasteiger partial charge is 0.254 e. The molecule has 5 nitrogen and oxygen atoms in total. The summed E-state index contributed by atoms with van der Waals surface area (Å²) in [4.78, 5) is 26.1. The Balaban J connectivity index is 1.53. The molecule has 148 valence electrons. The molecular weight excluding hydrogens is 388 g/mol. The van der Waals surface area contributed by atoms with Gasteiger partial charge in [-0.15, -0.1) is 0 Å². The number of rotatable bonds is 7. The van der Waals surface area contributed by atoms with E-state index in [4.69, 9.17) is 16.3 Å². The first-order valence-corrected chi connectivity index (χ1v) is 9.47. The maximum absolute atomic E-state index is 12.6. The van der Waals surface area contributed by atoms with Crippen LogP contribution in [-0.4, -0.2) is 30.3 Å². The van der Waals surface area contributed by atoms with Gasteiger partial charge in [-0.25, -0.2) is 0 Å². The minimum Gasteiger partial charge on any atom is -0.489 e. The number of hydrogen-bond acceptors (Lipinski definition) is 3. The Morgan fingerprint density at radius 2 is 1.69 bits per heavy atom. The van der Waals surface area contributed by atoms with E-state index in [1.54, 1.807) is 55.6 Å². The summed E-state index contributed by atoms with van der Waals surface area (Å²) in [6.07, 6.45) is 0. The number of likely N-dealkylation sites (N-methyl/N-ethyl adjacent to an activating group) is 1. The van der Waals surface area contributed by atoms with Crippen LogP contribution in [0.15, 0.2) is 78.9 Å². The zero-order valence-electron chi connectivity index (χ0n) is 16.0. The lowest BCUT2D eigenvalue weighted by atomic mass is 10.2. The molecule has 29 heavy (non-hydrogen) atoms. The molecule has 1 N–H and O–H groups in total. The maximum atomic E-state index is 12.6. The fourth-order valence-corrected chi connectivity index (χ4v) is 2.90. The van der Waals surface area contributed by atoms with Crippen LogP contribution >= 0.6 is 11.6 Å². The molecule has 0 radical (unpaired) electrons. The van der Waals surface area contributed by atoms with Gasteiger partial charge in [-0.1, -0.05) is 48.0 Å². The maximum Gasteiger partial charge on any atom is 0.254 e. The number of hydrogen-bond donors (Lipinski definition) is 1. The topological polar surface area (TPSA) is 58.6 Å². The summed E-state index contributed by atoms with van der Waals surface area (Å²) >= 11 is 5.91. The van der Waals surface area contributed by atoms with E-state index in [0.717, 1.165) is 5.56 Å². The molecule has 0 aliphatic heterocycles. The highest BCUT2D eigenvalue weighted by Gasteiger charge is 2.15. The van der Waals surface area contributed by atoms with Gasteiger partial charge in [-0.3, -0.25) is 9.59 Å². The lowest BCUT2D eigenvalue weighted by Gasteiger charge is -2.17. The van der Waals surface area contributed by atoms with E-state index >= 15 is 0 Å². The Bertz CT molecular complexity index is 975. The van der Waals surface area contributed by atoms with Crippen LogP contribution in [0.5, 0.6) is 5.75 Å². The van der Waals surface area contributed by atoms with Crippen LogP contribution in [0.2, 0.25) is 5.02 Å². The zero-order chi connectivity index (χ0) is 20.6. The summed E-state index contributed by atoms with van der Waals surface area (Å²) in [6.45, 7) is 0.384. The molecule has 0 bridgehead atoms. The van der Waals surface area contributed by atoms with Gasteiger partial charge in [0.1, 0.15) is 12.4 Å². The van der Waals surface area contributed by atoms with Crippen molar-refractivity contribution in [1.82, 2.24) is 4.90 Å². The van der Waals surface area contributed by atoms with Crippen LogP contribution in [0, 0.1) is 0 Å². The van der Waals surface area contributed by atoms with Crippen molar-refractivity contribution >= 4 is 29.1 Å². The summed E-state index contributed by atoms with van der Waals surface area (Å²) in [6, 6.07) is 23.6. The van der Waals surface area contributed by atoms with Crippen molar-refractivity contribution in [3.05, 3.63) is 95.0 Å². The molecule has 0 aromatic heterocycles. The molecule has 0 unspecified atom stereocenters. The van der Waals surface area contributed by atoms with Crippen molar-refractivity contribution in [1.29, 1.82) is 0 Å². The Kier molecular flexibility index (Phi) is 6.87. The van der Waals surface area contributed by atoms with Crippen molar-refractivity contribution < 1.29 is 14.3 Å². The van der Waals surface area contributed by atoms with E-state index in [0.29, 0.717) is 28.6 Å². The summed E-state index contributed by atoms with van der Waals surface area (Å²) < 4.78 is 5.73. The van der Waals surface area contributed by atoms with E-state index in [9.17, 15) is 9.59 Å². The normalized spacial score (nSPS) is 10.3. The third-order valence-electron chi connectivity index (χ3n) is 4.19. The lowest BCUT2D eigenvalue weighted by Crippen LogP contribution is -2.34. The molecule has 0 saturated carbocycles. The highest BCUT2D eigenvalue weighted by Crippen LogP contribution is 2.16. The van der Waals surface area contributed by atoms with Crippen LogP contribution in [0.4, 0.5) is 5.69 Å². The molecule has 0 saturated heterocycles. The summed E-state index contributed by atoms with van der Waals surface area (Å²) in [5, 5.41) is 3.25. The second-order valence-corrected chi connectivity index (χ2v) is 6.95. The SMILES string of the molecule is CN(CC(=O)Nc1cccc(Cl)c1)C(=O)c1ccc(OCc2ccccc2)cc1. The molecule has 0 spiro atoms. The number of nitrogens with zero attached hydrogens (tertiary/aromatic N) is 1. The average Bonchev–Trinajstić information content (AvgIpc) is 2.72. The first-order chi connectivity index (χ1) is 14.0. The Labute approximate surface area is 174 Å². The first kappa shape index (κ1) is 20.4. The van der Waals surface area contributed by atoms with Crippen LogP contribution in [0.25, 0.3) is 0 Å². The van der Waals surface area contributed by atoms with Gasteiger partial charge in [-0.2, -0.15) is 0 Å². The van der Waals surface area contributed by atoms with E-state index in [-0.39, 0.29) is 18.4 Å². The van der Waals surface area contributed by atoms with Crippen molar-refractivity contribution in [3.8, 4) is 5.75 Å². The molecule has 0 aliphatic carbocycles. The second-order valence-electron chi connectivity index (χ2n) is 6.52. The molecule has 2 amide bonds. The van der Waals surface area contributed by atoms with Gasteiger partial charge in [0.25, 0.3) is 5.91 Å². The van der Waals surface area contributed by atoms with E-state index < -0.39 is 0 Å². The van der Waals surface area contributed by atoms with E-state index in [2.05, 4.69) is 5.32 Å². The van der Waals surface area contributed by atoms with Crippen LogP contribution in [-0.2, 0) is 11.4 Å². The number of amides is 2. The monoisotopic (exact) mass is 408 g/mol. The van der Waals surface area contributed by atoms with Gasteiger partial charge >= 0.3 is 0 Å². The third-order valence-corrected chi connectivity index (χ3v) is 4.42. The number of halogens is 1. The molecule has 3 aromatic carbocycles. The minimum absolute atomic E-state index is 0.0718. The lowest BCUT2D eigenvalue weighted by molar-refractivity contribution is -0.116. The van der Waals surface area contributed by atoms with Crippen LogP contribution in [0.1, 0.15) is 15.9 Å². The first-order valence-electron chi connectivity index (χ1n) is 9.09. The fourth-order valence-electron chi connectivity index (χ4n) is 2.71. The molecule has 6 heteroatoms. The van der Waals surface area contributed by atoms with E-state index in [1.807, 2.05) is 30.3 Å². The molecular formula is C23H21ClN2O3. The minimum atomic E-state index is -0.300. The molecule has 0 fully saturated rings. The molecule has 3 rings (SSSR count). The molecule has 3 aromatic rings. The largest absolute Gasteiger partial charge is 0.489 e. The molecule has 0 atom stereocenters. The average molecular weight is 409 g/mol. The quantitative estimate of drug-likeness (QED) is 0.620. The third kappa shape index (κ3) is 6.09. The van der Waals surface area contributed by atoms with Crippen molar-refractivity contribution in [3.63, 3.8) is 0 Å². The van der Waals surface area contributed by atoms with Gasteiger partial charge in [0, 0.05) is 23.3 Å². The van der Waals surface area contributed by atoms with E-state index in [1.165, 1.54) is 4.90 Å². The Morgan fingerprint density at radius 1 is 0.966 bits per heavy atom. The molecule has 0 heterocycles. The molecule has 0 aliphatic rings. The summed E-state index contributed by atoms with van der Waals surface area (Å²) in [7, 11) is 1.58. The number of carbonyl (C=O) groups is 2. The van der Waals surface area contributed by atoms with Crippen molar-refractivity contribution in [2.45, 2.75) is 6.61 Å². The van der Waals surface area contributed by atoms with Crippen LogP contribution < -0.4 is 10.1 Å². The summed E-state index contributed by atoms with van der Waals surface area (Å²) in [5.41, 5.74) is 2.14. The van der Waals surface area contributed by atoms with Crippen LogP contribution in [0.3, 0.4) is 0 Å². The predicted molar refractivity (Wildman–Crippen MR) is 114 cm³/mol. The number of carbonyl (C=O) groups excluding carboxylic acids is 2. The predicted octanol–water partition coefficient (Wildman–Crippen LogP) is 4.63. The highest BCUT2D eigenvalue weighted by molar-refractivity contribution is 6.30. The standard InChI is InChI=1S/C23H21ClN2O3/c1-26(15-22(27)25-20-9-5-8-19(24)14-20)23(28)18-10-12-21(13-11-18)29-16-17-6-3-2-4-7-17/h2-14H,15-16H2,1H3,(H,25,27). The highest BCUT2D eigenvalue weighted by atomic mass is 35.5. The summed E-state index contributed by atoms with van der Waals surface area (Å²) in [5.74, 6) is 0.124. The number of ether oxygens (including phenoxy) is 1. The Morgan fingerprint density at radius 3 is 2.38 bits per heavy atom. The van der Waals surface area contributed by atoms with Gasteiger partial charge in [0.2, 0.25) is 5.91 Å². The van der Waals surface area contributed by atoms with Gasteiger partial charge in [0.05, 0.1) is 6.54 Å². The van der Waals surface area contributed by atoms with Crippen molar-refractivity contribution in [2.75, 3.05) is 18.9 Å². The fraction of sp³-hybridized carbons (Fsp3) is 0.130. The van der Waals surface area contributed by atoms with Gasteiger partial charge in [-0.05, 0) is 48.0 Å². The van der Waals surface area contributed by atoms with Crippen molar-refractivity contribution in [2.24, 2.45) is 0 Å². The number of anilines is 1. The number of benzene rings is 3.